The van der Waals surface area contributed by atoms with Gasteiger partial charge in [-0.2, -0.15) is 0 Å². The number of anilines is 1. The monoisotopic (exact) mass is 334 g/mol. The molecule has 2 heterocycles. The first-order valence-corrected chi connectivity index (χ1v) is 9.31. The Bertz CT molecular complexity index is 705. The van der Waals surface area contributed by atoms with E-state index in [1.807, 2.05) is 18.5 Å². The van der Waals surface area contributed by atoms with E-state index in [4.69, 9.17) is 0 Å². The topological polar surface area (TPSA) is 41.0 Å². The molecule has 4 nitrogen and oxygen atoms in total. The second kappa shape index (κ2) is 7.36. The summed E-state index contributed by atoms with van der Waals surface area (Å²) >= 11 is 0. The first kappa shape index (κ1) is 16.3. The molecular formula is C21H26N4. The second-order valence-corrected chi connectivity index (χ2v) is 7.22. The quantitative estimate of drug-likeness (QED) is 0.908. The molecule has 130 valence electrons. The normalized spacial score (nSPS) is 24.4. The summed E-state index contributed by atoms with van der Waals surface area (Å²) < 4.78 is 0. The molecule has 0 spiro atoms. The van der Waals surface area contributed by atoms with Crippen LogP contribution in [0.1, 0.15) is 31.7 Å². The summed E-state index contributed by atoms with van der Waals surface area (Å²) in [5.41, 5.74) is 2.81. The maximum absolute atomic E-state index is 4.36. The van der Waals surface area contributed by atoms with Gasteiger partial charge in [-0.15, -0.1) is 0 Å². The third kappa shape index (κ3) is 4.07. The summed E-state index contributed by atoms with van der Waals surface area (Å²) in [5, 5.41) is 3.87. The first-order chi connectivity index (χ1) is 12.3. The Hall–Kier alpha value is -2.20. The number of aromatic nitrogens is 2. The van der Waals surface area contributed by atoms with E-state index < -0.39 is 0 Å². The van der Waals surface area contributed by atoms with Crippen molar-refractivity contribution in [3.8, 4) is 0 Å². The van der Waals surface area contributed by atoms with Crippen LogP contribution < -0.4 is 10.2 Å². The van der Waals surface area contributed by atoms with Gasteiger partial charge < -0.3 is 10.2 Å². The summed E-state index contributed by atoms with van der Waals surface area (Å²) in [6, 6.07) is 13.8. The molecule has 2 unspecified atom stereocenters. The van der Waals surface area contributed by atoms with Gasteiger partial charge in [0.05, 0.1) is 0 Å². The maximum Gasteiger partial charge on any atom is 0.225 e. The molecule has 1 N–H and O–H groups in total. The SMILES string of the molecule is CC(=Cc1ccccc1)C1CC1NC1CCN(c2ncccn2)CC1. The number of nitrogens with zero attached hydrogens (tertiary/aromatic N) is 3. The summed E-state index contributed by atoms with van der Waals surface area (Å²) in [4.78, 5) is 11.0. The highest BCUT2D eigenvalue weighted by atomic mass is 15.3. The summed E-state index contributed by atoms with van der Waals surface area (Å²) in [6.45, 7) is 4.35. The number of hydrogen-bond acceptors (Lipinski definition) is 4. The van der Waals surface area contributed by atoms with Crippen LogP contribution in [0, 0.1) is 5.92 Å². The second-order valence-electron chi connectivity index (χ2n) is 7.22. The fraction of sp³-hybridized carbons (Fsp3) is 0.429. The minimum atomic E-state index is 0.625. The van der Waals surface area contributed by atoms with Gasteiger partial charge in [0.2, 0.25) is 5.95 Å². The molecule has 0 bridgehead atoms. The molecule has 1 saturated heterocycles. The molecule has 4 rings (SSSR count). The molecule has 1 aliphatic heterocycles. The molecular weight excluding hydrogens is 308 g/mol. The van der Waals surface area contributed by atoms with Gasteiger partial charge in [-0.25, -0.2) is 9.97 Å². The zero-order valence-electron chi connectivity index (χ0n) is 14.8. The third-order valence-corrected chi connectivity index (χ3v) is 5.35. The third-order valence-electron chi connectivity index (χ3n) is 5.35. The highest BCUT2D eigenvalue weighted by molar-refractivity contribution is 5.53. The summed E-state index contributed by atoms with van der Waals surface area (Å²) in [5.74, 6) is 1.57. The van der Waals surface area contributed by atoms with Gasteiger partial charge >= 0.3 is 0 Å². The predicted molar refractivity (Wildman–Crippen MR) is 102 cm³/mol. The van der Waals surface area contributed by atoms with Crippen molar-refractivity contribution in [2.24, 2.45) is 5.92 Å². The molecule has 2 aromatic rings. The number of rotatable bonds is 5. The van der Waals surface area contributed by atoms with Crippen LogP contribution in [0.4, 0.5) is 5.95 Å². The van der Waals surface area contributed by atoms with E-state index in [0.29, 0.717) is 18.0 Å². The van der Waals surface area contributed by atoms with E-state index in [1.165, 1.54) is 30.4 Å². The zero-order chi connectivity index (χ0) is 17.1. The predicted octanol–water partition coefficient (Wildman–Crippen LogP) is 3.53. The van der Waals surface area contributed by atoms with Crippen LogP contribution in [0.15, 0.2) is 54.4 Å². The van der Waals surface area contributed by atoms with Crippen molar-refractivity contribution in [1.29, 1.82) is 0 Å². The molecule has 1 saturated carbocycles. The molecule has 4 heteroatoms. The number of benzene rings is 1. The lowest BCUT2D eigenvalue weighted by molar-refractivity contribution is 0.405. The average molecular weight is 334 g/mol. The molecule has 2 fully saturated rings. The Morgan fingerprint density at radius 2 is 1.80 bits per heavy atom. The lowest BCUT2D eigenvalue weighted by atomic mass is 10.0. The lowest BCUT2D eigenvalue weighted by Crippen LogP contribution is -2.44. The van der Waals surface area contributed by atoms with Crippen molar-refractivity contribution >= 4 is 12.0 Å². The van der Waals surface area contributed by atoms with Crippen LogP contribution >= 0.6 is 0 Å². The Morgan fingerprint density at radius 3 is 2.52 bits per heavy atom. The summed E-state index contributed by atoms with van der Waals surface area (Å²) in [6.07, 6.45) is 9.59. The lowest BCUT2D eigenvalue weighted by Gasteiger charge is -2.32. The Kier molecular flexibility index (Phi) is 4.79. The molecule has 0 radical (unpaired) electrons. The smallest absolute Gasteiger partial charge is 0.225 e. The van der Waals surface area contributed by atoms with Gasteiger partial charge in [-0.1, -0.05) is 42.0 Å². The maximum atomic E-state index is 4.36. The molecule has 25 heavy (non-hydrogen) atoms. The highest BCUT2D eigenvalue weighted by Gasteiger charge is 2.39. The Morgan fingerprint density at radius 1 is 1.08 bits per heavy atom. The molecule has 1 aromatic carbocycles. The standard InChI is InChI=1S/C21H26N4/c1-16(14-17-6-3-2-4-7-17)19-15-20(19)24-18-8-12-25(13-9-18)21-22-10-5-11-23-21/h2-7,10-11,14,18-20,24H,8-9,12-13,15H2,1H3. The van der Waals surface area contributed by atoms with Gasteiger partial charge in [0.15, 0.2) is 0 Å². The van der Waals surface area contributed by atoms with Crippen molar-refractivity contribution in [2.45, 2.75) is 38.3 Å². The number of nitrogens with one attached hydrogen (secondary N) is 1. The van der Waals surface area contributed by atoms with E-state index in [9.17, 15) is 0 Å². The molecule has 1 aromatic heterocycles. The summed E-state index contributed by atoms with van der Waals surface area (Å²) in [7, 11) is 0. The largest absolute Gasteiger partial charge is 0.341 e. The van der Waals surface area contributed by atoms with E-state index in [1.54, 1.807) is 0 Å². The Balaban J connectivity index is 1.26. The van der Waals surface area contributed by atoms with Gasteiger partial charge in [-0.05, 0) is 43.7 Å². The van der Waals surface area contributed by atoms with Crippen LogP contribution in [0.25, 0.3) is 6.08 Å². The van der Waals surface area contributed by atoms with Gasteiger partial charge in [0.1, 0.15) is 0 Å². The molecule has 2 aliphatic rings. The van der Waals surface area contributed by atoms with Crippen molar-refractivity contribution in [3.63, 3.8) is 0 Å². The van der Waals surface area contributed by atoms with Crippen molar-refractivity contribution in [2.75, 3.05) is 18.0 Å². The van der Waals surface area contributed by atoms with Gasteiger partial charge in [-0.3, -0.25) is 0 Å². The molecule has 2 atom stereocenters. The minimum absolute atomic E-state index is 0.625. The van der Waals surface area contributed by atoms with Crippen molar-refractivity contribution in [1.82, 2.24) is 15.3 Å². The number of hydrogen-bond donors (Lipinski definition) is 1. The fourth-order valence-electron chi connectivity index (χ4n) is 3.81. The van der Waals surface area contributed by atoms with E-state index in [2.05, 4.69) is 63.5 Å². The minimum Gasteiger partial charge on any atom is -0.341 e. The fourth-order valence-corrected chi connectivity index (χ4v) is 3.81. The van der Waals surface area contributed by atoms with Gasteiger partial charge in [0.25, 0.3) is 0 Å². The Labute approximate surface area is 150 Å². The van der Waals surface area contributed by atoms with Crippen LogP contribution in [-0.4, -0.2) is 35.1 Å². The van der Waals surface area contributed by atoms with Crippen LogP contribution in [-0.2, 0) is 0 Å². The van der Waals surface area contributed by atoms with Crippen LogP contribution in [0.2, 0.25) is 0 Å². The number of piperidine rings is 1. The van der Waals surface area contributed by atoms with E-state index in [0.717, 1.165) is 19.0 Å². The highest BCUT2D eigenvalue weighted by Crippen LogP contribution is 2.38. The average Bonchev–Trinajstić information content (AvgIpc) is 3.43. The van der Waals surface area contributed by atoms with Crippen molar-refractivity contribution < 1.29 is 0 Å². The molecule has 0 amide bonds. The van der Waals surface area contributed by atoms with Crippen LogP contribution in [0.3, 0.4) is 0 Å². The van der Waals surface area contributed by atoms with E-state index >= 15 is 0 Å². The van der Waals surface area contributed by atoms with Crippen molar-refractivity contribution in [3.05, 3.63) is 59.9 Å². The van der Waals surface area contributed by atoms with Gasteiger partial charge in [0, 0.05) is 37.6 Å². The molecule has 1 aliphatic carbocycles. The van der Waals surface area contributed by atoms with Crippen LogP contribution in [0.5, 0.6) is 0 Å². The van der Waals surface area contributed by atoms with E-state index in [-0.39, 0.29) is 0 Å². The zero-order valence-corrected chi connectivity index (χ0v) is 14.8. The first-order valence-electron chi connectivity index (χ1n) is 9.31.